The van der Waals surface area contributed by atoms with E-state index in [1.807, 2.05) is 35.0 Å². The Hall–Kier alpha value is -2.06. The minimum Gasteiger partial charge on any atom is -0.481 e. The summed E-state index contributed by atoms with van der Waals surface area (Å²) in [7, 11) is 1.55. The summed E-state index contributed by atoms with van der Waals surface area (Å²) in [5.74, 6) is 2.39. The molecule has 1 aromatic rings. The molecular weight excluding hydrogens is 192 g/mol. The van der Waals surface area contributed by atoms with Crippen LogP contribution in [0.5, 0.6) is 0 Å². The number of rotatable bonds is 1. The van der Waals surface area contributed by atoms with Crippen molar-refractivity contribution >= 4 is 11.8 Å². The van der Waals surface area contributed by atoms with E-state index in [9.17, 15) is 4.79 Å². The van der Waals surface area contributed by atoms with Gasteiger partial charge in [-0.2, -0.15) is 0 Å². The second-order valence-electron chi connectivity index (χ2n) is 3.07. The summed E-state index contributed by atoms with van der Waals surface area (Å²) >= 11 is 0. The third kappa shape index (κ3) is 1.75. The first-order chi connectivity index (χ1) is 7.35. The Bertz CT molecular complexity index is 451. The van der Waals surface area contributed by atoms with Crippen LogP contribution in [0.4, 0.5) is 0 Å². The number of nitrogens with zero attached hydrogens (tertiary/aromatic N) is 2. The lowest BCUT2D eigenvalue weighted by Crippen LogP contribution is -2.14. The molecule has 0 saturated carbocycles. The predicted octanol–water partition coefficient (Wildman–Crippen LogP) is 1.36. The molecule has 0 spiro atoms. The lowest BCUT2D eigenvalue weighted by molar-refractivity contribution is 0.396. The fraction of sp³-hybridized carbons (Fsp3) is 0.182. The van der Waals surface area contributed by atoms with Gasteiger partial charge in [-0.25, -0.2) is 9.79 Å². The van der Waals surface area contributed by atoms with Gasteiger partial charge < -0.3 is 9.30 Å². The van der Waals surface area contributed by atoms with E-state index >= 15 is 0 Å². The van der Waals surface area contributed by atoms with E-state index in [1.54, 1.807) is 19.3 Å². The first-order valence-corrected chi connectivity index (χ1v) is 4.52. The van der Waals surface area contributed by atoms with E-state index in [4.69, 9.17) is 4.74 Å². The highest BCUT2D eigenvalue weighted by Crippen LogP contribution is 2.22. The van der Waals surface area contributed by atoms with Gasteiger partial charge in [-0.1, -0.05) is 0 Å². The maximum atomic E-state index is 10.7. The third-order valence-corrected chi connectivity index (χ3v) is 2.17. The number of ether oxygens (including phenoxy) is 1. The normalized spacial score (nSPS) is 19.7. The quantitative estimate of drug-likeness (QED) is 0.645. The molecule has 0 aromatic carbocycles. The van der Waals surface area contributed by atoms with Crippen LogP contribution in [0.15, 0.2) is 47.2 Å². The van der Waals surface area contributed by atoms with Crippen LogP contribution in [0.3, 0.4) is 0 Å². The van der Waals surface area contributed by atoms with Gasteiger partial charge in [0.25, 0.3) is 0 Å². The standard InChI is InChI=1S/C11H10N2O2/c1-15-10-5-4-9(8-14)11(12-10)13-6-2-3-7-13/h2-7,11H,1H3. The van der Waals surface area contributed by atoms with Crippen LogP contribution in [0.2, 0.25) is 0 Å². The Kier molecular flexibility index (Phi) is 2.52. The van der Waals surface area contributed by atoms with Gasteiger partial charge in [0, 0.05) is 18.5 Å². The monoisotopic (exact) mass is 202 g/mol. The van der Waals surface area contributed by atoms with Gasteiger partial charge in [-0.15, -0.1) is 0 Å². The Labute approximate surface area is 87.2 Å². The maximum Gasteiger partial charge on any atom is 0.210 e. The zero-order valence-electron chi connectivity index (χ0n) is 8.25. The Morgan fingerprint density at radius 3 is 2.73 bits per heavy atom. The van der Waals surface area contributed by atoms with Crippen molar-refractivity contribution in [2.24, 2.45) is 4.99 Å². The molecule has 76 valence electrons. The van der Waals surface area contributed by atoms with Crippen molar-refractivity contribution in [1.29, 1.82) is 0 Å². The minimum absolute atomic E-state index is 0.363. The molecule has 2 heterocycles. The molecule has 0 bridgehead atoms. The van der Waals surface area contributed by atoms with E-state index < -0.39 is 0 Å². The number of dihydropyridines is 1. The fourth-order valence-electron chi connectivity index (χ4n) is 1.43. The van der Waals surface area contributed by atoms with Crippen molar-refractivity contribution in [3.8, 4) is 0 Å². The summed E-state index contributed by atoms with van der Waals surface area (Å²) in [5, 5.41) is 0. The molecule has 15 heavy (non-hydrogen) atoms. The van der Waals surface area contributed by atoms with E-state index in [0.29, 0.717) is 11.5 Å². The third-order valence-electron chi connectivity index (χ3n) is 2.17. The lowest BCUT2D eigenvalue weighted by Gasteiger charge is -2.17. The second kappa shape index (κ2) is 3.98. The van der Waals surface area contributed by atoms with E-state index in [2.05, 4.69) is 4.99 Å². The van der Waals surface area contributed by atoms with Crippen molar-refractivity contribution in [2.45, 2.75) is 6.17 Å². The molecule has 1 aliphatic rings. The van der Waals surface area contributed by atoms with Gasteiger partial charge in [-0.3, -0.25) is 0 Å². The Balaban J connectivity index is 2.40. The average Bonchev–Trinajstić information content (AvgIpc) is 2.81. The Morgan fingerprint density at radius 1 is 1.40 bits per heavy atom. The second-order valence-corrected chi connectivity index (χ2v) is 3.07. The summed E-state index contributed by atoms with van der Waals surface area (Å²) in [5.41, 5.74) is 0.493. The summed E-state index contributed by atoms with van der Waals surface area (Å²) < 4.78 is 6.84. The van der Waals surface area contributed by atoms with Crippen molar-refractivity contribution < 1.29 is 9.53 Å². The first-order valence-electron chi connectivity index (χ1n) is 4.52. The molecule has 1 aliphatic heterocycles. The summed E-state index contributed by atoms with van der Waals surface area (Å²) in [4.78, 5) is 15.0. The molecule has 1 aromatic heterocycles. The van der Waals surface area contributed by atoms with Crippen LogP contribution < -0.4 is 0 Å². The first kappa shape index (κ1) is 9.49. The number of aliphatic imine (C=N–C) groups is 1. The SMILES string of the molecule is COC1=NC(n2cccc2)C(=C=O)C=C1. The van der Waals surface area contributed by atoms with Gasteiger partial charge in [0.2, 0.25) is 5.90 Å². The van der Waals surface area contributed by atoms with Crippen LogP contribution in [0.1, 0.15) is 6.17 Å². The summed E-state index contributed by atoms with van der Waals surface area (Å²) in [6.07, 6.45) is 6.65. The van der Waals surface area contributed by atoms with E-state index in [1.165, 1.54) is 0 Å². The summed E-state index contributed by atoms with van der Waals surface area (Å²) in [6, 6.07) is 3.76. The molecule has 0 fully saturated rings. The van der Waals surface area contributed by atoms with E-state index in [0.717, 1.165) is 0 Å². The average molecular weight is 202 g/mol. The minimum atomic E-state index is -0.363. The molecular formula is C11H10N2O2. The van der Waals surface area contributed by atoms with Crippen molar-refractivity contribution in [2.75, 3.05) is 7.11 Å². The zero-order chi connectivity index (χ0) is 10.7. The highest BCUT2D eigenvalue weighted by molar-refractivity contribution is 5.90. The van der Waals surface area contributed by atoms with Gasteiger partial charge in [0.15, 0.2) is 6.17 Å². The number of hydrogen-bond donors (Lipinski definition) is 0. The highest BCUT2D eigenvalue weighted by Gasteiger charge is 2.18. The van der Waals surface area contributed by atoms with Crippen LogP contribution in [-0.4, -0.2) is 23.5 Å². The number of aromatic nitrogens is 1. The summed E-state index contributed by atoms with van der Waals surface area (Å²) in [6.45, 7) is 0. The fourth-order valence-corrected chi connectivity index (χ4v) is 1.43. The van der Waals surface area contributed by atoms with Gasteiger partial charge in [0.05, 0.1) is 12.7 Å². The number of methoxy groups -OCH3 is 1. The molecule has 4 nitrogen and oxygen atoms in total. The Morgan fingerprint density at radius 2 is 2.13 bits per heavy atom. The molecule has 1 atom stereocenters. The van der Waals surface area contributed by atoms with Gasteiger partial charge in [0.1, 0.15) is 5.94 Å². The molecule has 0 amide bonds. The molecule has 0 saturated heterocycles. The number of carbonyl (C=O) groups excluding carboxylic acids is 1. The molecule has 0 aliphatic carbocycles. The van der Waals surface area contributed by atoms with Gasteiger partial charge in [-0.05, 0) is 18.2 Å². The van der Waals surface area contributed by atoms with Crippen LogP contribution in [0.25, 0.3) is 0 Å². The molecule has 1 unspecified atom stereocenters. The van der Waals surface area contributed by atoms with Crippen molar-refractivity contribution in [1.82, 2.24) is 4.57 Å². The molecule has 0 N–H and O–H groups in total. The highest BCUT2D eigenvalue weighted by atomic mass is 16.5. The van der Waals surface area contributed by atoms with Crippen molar-refractivity contribution in [3.63, 3.8) is 0 Å². The number of hydrogen-bond acceptors (Lipinski definition) is 3. The topological polar surface area (TPSA) is 43.6 Å². The molecule has 0 radical (unpaired) electrons. The zero-order valence-corrected chi connectivity index (χ0v) is 8.25. The van der Waals surface area contributed by atoms with Gasteiger partial charge >= 0.3 is 0 Å². The smallest absolute Gasteiger partial charge is 0.210 e. The van der Waals surface area contributed by atoms with Crippen LogP contribution in [0, 0.1) is 0 Å². The maximum absolute atomic E-state index is 10.7. The molecule has 4 heteroatoms. The predicted molar refractivity (Wildman–Crippen MR) is 56.3 cm³/mol. The van der Waals surface area contributed by atoms with Crippen molar-refractivity contribution in [3.05, 3.63) is 42.3 Å². The van der Waals surface area contributed by atoms with E-state index in [-0.39, 0.29) is 6.17 Å². The largest absolute Gasteiger partial charge is 0.481 e. The van der Waals surface area contributed by atoms with Crippen LogP contribution in [-0.2, 0) is 9.53 Å². The lowest BCUT2D eigenvalue weighted by atomic mass is 10.2. The van der Waals surface area contributed by atoms with Crippen LogP contribution >= 0.6 is 0 Å². The molecule has 2 rings (SSSR count).